The maximum absolute atomic E-state index is 12.9. The lowest BCUT2D eigenvalue weighted by Gasteiger charge is -2.26. The zero-order chi connectivity index (χ0) is 21.5. The topological polar surface area (TPSA) is 103 Å². The van der Waals surface area contributed by atoms with E-state index in [-0.39, 0.29) is 29.8 Å². The molecule has 30 heavy (non-hydrogen) atoms. The largest absolute Gasteiger partial charge is 0.341 e. The highest BCUT2D eigenvalue weighted by Crippen LogP contribution is 2.28. The lowest BCUT2D eigenvalue weighted by molar-refractivity contribution is -0.131. The van der Waals surface area contributed by atoms with Gasteiger partial charge in [0.05, 0.1) is 24.4 Å². The third kappa shape index (κ3) is 4.04. The summed E-state index contributed by atoms with van der Waals surface area (Å²) in [6, 6.07) is 9.68. The van der Waals surface area contributed by atoms with Crippen LogP contribution in [0.4, 0.5) is 0 Å². The quantitative estimate of drug-likeness (QED) is 0.785. The van der Waals surface area contributed by atoms with E-state index in [2.05, 4.69) is 9.97 Å². The van der Waals surface area contributed by atoms with Crippen LogP contribution in [0.1, 0.15) is 47.8 Å². The van der Waals surface area contributed by atoms with Crippen LogP contribution in [-0.2, 0) is 27.8 Å². The van der Waals surface area contributed by atoms with Gasteiger partial charge in [0.15, 0.2) is 0 Å². The smallest absolute Gasteiger partial charge is 0.254 e. The summed E-state index contributed by atoms with van der Waals surface area (Å²) >= 11 is 0. The number of carbonyl (C=O) groups is 1. The van der Waals surface area contributed by atoms with Crippen LogP contribution in [-0.4, -0.2) is 59.4 Å². The Labute approximate surface area is 176 Å². The van der Waals surface area contributed by atoms with Gasteiger partial charge in [-0.3, -0.25) is 9.59 Å². The molecule has 1 saturated heterocycles. The summed E-state index contributed by atoms with van der Waals surface area (Å²) in [7, 11) is -3.34. The van der Waals surface area contributed by atoms with E-state index >= 15 is 0 Å². The summed E-state index contributed by atoms with van der Waals surface area (Å²) < 4.78 is 25.1. The molecule has 2 aliphatic rings. The third-order valence-electron chi connectivity index (χ3n) is 6.08. The maximum atomic E-state index is 12.9. The summed E-state index contributed by atoms with van der Waals surface area (Å²) in [4.78, 5) is 34.8. The first-order valence-corrected chi connectivity index (χ1v) is 12.0. The van der Waals surface area contributed by atoms with Crippen LogP contribution < -0.4 is 5.56 Å². The predicted molar refractivity (Wildman–Crippen MR) is 113 cm³/mol. The number of likely N-dealkylation sites (tertiary alicyclic amines) is 1. The molecule has 4 rings (SSSR count). The average molecular weight is 431 g/mol. The van der Waals surface area contributed by atoms with Crippen molar-refractivity contribution in [3.63, 3.8) is 0 Å². The summed E-state index contributed by atoms with van der Waals surface area (Å²) in [6.07, 6.45) is 2.24. The van der Waals surface area contributed by atoms with Crippen molar-refractivity contribution in [3.8, 4) is 0 Å². The molecule has 0 unspecified atom stereocenters. The Morgan fingerprint density at radius 3 is 2.67 bits per heavy atom. The van der Waals surface area contributed by atoms with Crippen molar-refractivity contribution in [2.45, 2.75) is 38.1 Å². The summed E-state index contributed by atoms with van der Waals surface area (Å²) in [5.74, 6) is 0.302. The van der Waals surface area contributed by atoms with Gasteiger partial charge in [-0.15, -0.1) is 0 Å². The Balaban J connectivity index is 1.51. The van der Waals surface area contributed by atoms with Gasteiger partial charge in [0.2, 0.25) is 15.9 Å². The van der Waals surface area contributed by atoms with Gasteiger partial charge in [-0.1, -0.05) is 30.3 Å². The van der Waals surface area contributed by atoms with E-state index in [9.17, 15) is 18.0 Å². The number of nitrogens with zero attached hydrogens (tertiary/aromatic N) is 3. The van der Waals surface area contributed by atoms with E-state index in [1.165, 1.54) is 10.6 Å². The number of hydrogen-bond acceptors (Lipinski definition) is 5. The number of amides is 1. The Kier molecular flexibility index (Phi) is 5.50. The van der Waals surface area contributed by atoms with E-state index in [1.54, 1.807) is 0 Å². The minimum absolute atomic E-state index is 0.0623. The Morgan fingerprint density at radius 2 is 1.97 bits per heavy atom. The second kappa shape index (κ2) is 7.96. The van der Waals surface area contributed by atoms with E-state index in [4.69, 9.17) is 0 Å². The van der Waals surface area contributed by atoms with Gasteiger partial charge in [0.25, 0.3) is 5.56 Å². The standard InChI is InChI=1S/C21H26N4O4S/c1-14(15-6-4-3-5-7-15)21(27)24-10-8-16(12-24)19-22-18-13-25(30(2,28)29)11-9-17(18)20(26)23-19/h3-7,14,16H,8-13H2,1-2H3,(H,22,23,26)/t14-,16-/m1/s1. The second-order valence-electron chi connectivity index (χ2n) is 8.13. The first kappa shape index (κ1) is 20.7. The van der Waals surface area contributed by atoms with Crippen LogP contribution >= 0.6 is 0 Å². The van der Waals surface area contributed by atoms with Gasteiger partial charge in [0.1, 0.15) is 5.82 Å². The number of aromatic amines is 1. The number of rotatable bonds is 4. The number of H-pyrrole nitrogens is 1. The number of aromatic nitrogens is 2. The highest BCUT2D eigenvalue weighted by atomic mass is 32.2. The molecule has 0 aliphatic carbocycles. The molecule has 2 aliphatic heterocycles. The lowest BCUT2D eigenvalue weighted by Crippen LogP contribution is -2.39. The zero-order valence-corrected chi connectivity index (χ0v) is 18.0. The molecule has 9 heteroatoms. The van der Waals surface area contributed by atoms with E-state index in [1.807, 2.05) is 42.2 Å². The SMILES string of the molecule is C[C@@H](C(=O)N1CC[C@@H](c2nc3c(c(=O)[nH]2)CCN(S(C)(=O)=O)C3)C1)c1ccccc1. The Bertz CT molecular complexity index is 1110. The fraction of sp³-hybridized carbons (Fsp3) is 0.476. The molecule has 2 aromatic rings. The normalized spacial score (nSPS) is 20.7. The number of sulfonamides is 1. The number of nitrogens with one attached hydrogen (secondary N) is 1. The van der Waals surface area contributed by atoms with Crippen LogP contribution in [0.2, 0.25) is 0 Å². The van der Waals surface area contributed by atoms with Crippen LogP contribution in [0.15, 0.2) is 35.1 Å². The van der Waals surface area contributed by atoms with Crippen molar-refractivity contribution < 1.29 is 13.2 Å². The molecular weight excluding hydrogens is 404 g/mol. The molecular formula is C21H26N4O4S. The highest BCUT2D eigenvalue weighted by Gasteiger charge is 2.33. The highest BCUT2D eigenvalue weighted by molar-refractivity contribution is 7.88. The van der Waals surface area contributed by atoms with Crippen LogP contribution in [0.5, 0.6) is 0 Å². The van der Waals surface area contributed by atoms with Crippen molar-refractivity contribution in [1.82, 2.24) is 19.2 Å². The van der Waals surface area contributed by atoms with Gasteiger partial charge < -0.3 is 9.88 Å². The van der Waals surface area contributed by atoms with Gasteiger partial charge in [0, 0.05) is 31.1 Å². The summed E-state index contributed by atoms with van der Waals surface area (Å²) in [5, 5.41) is 0. The molecule has 2 atom stereocenters. The molecule has 1 fully saturated rings. The maximum Gasteiger partial charge on any atom is 0.254 e. The molecule has 1 aromatic heterocycles. The number of hydrogen-bond donors (Lipinski definition) is 1. The van der Waals surface area contributed by atoms with E-state index < -0.39 is 10.0 Å². The molecule has 1 aromatic carbocycles. The fourth-order valence-electron chi connectivity index (χ4n) is 4.25. The van der Waals surface area contributed by atoms with Gasteiger partial charge in [-0.25, -0.2) is 13.4 Å². The molecule has 3 heterocycles. The lowest BCUT2D eigenvalue weighted by atomic mass is 10.00. The molecule has 1 N–H and O–H groups in total. The van der Waals surface area contributed by atoms with Crippen molar-refractivity contribution in [2.75, 3.05) is 25.9 Å². The molecule has 8 nitrogen and oxygen atoms in total. The summed E-state index contributed by atoms with van der Waals surface area (Å²) in [6.45, 7) is 3.42. The van der Waals surface area contributed by atoms with E-state index in [0.29, 0.717) is 49.6 Å². The van der Waals surface area contributed by atoms with Crippen LogP contribution in [0, 0.1) is 0 Å². The molecule has 160 valence electrons. The zero-order valence-electron chi connectivity index (χ0n) is 17.2. The number of carbonyl (C=O) groups excluding carboxylic acids is 1. The van der Waals surface area contributed by atoms with Crippen molar-refractivity contribution in [1.29, 1.82) is 0 Å². The summed E-state index contributed by atoms with van der Waals surface area (Å²) in [5.41, 5.74) is 1.85. The minimum atomic E-state index is -3.34. The van der Waals surface area contributed by atoms with Gasteiger partial charge in [-0.2, -0.15) is 4.31 Å². The molecule has 1 amide bonds. The number of benzene rings is 1. The number of fused-ring (bicyclic) bond motifs is 1. The monoisotopic (exact) mass is 430 g/mol. The fourth-order valence-corrected chi connectivity index (χ4v) is 5.03. The average Bonchev–Trinajstić information content (AvgIpc) is 3.22. The first-order chi connectivity index (χ1) is 14.2. The van der Waals surface area contributed by atoms with Crippen LogP contribution in [0.3, 0.4) is 0 Å². The minimum Gasteiger partial charge on any atom is -0.341 e. The third-order valence-corrected chi connectivity index (χ3v) is 7.33. The van der Waals surface area contributed by atoms with Gasteiger partial charge >= 0.3 is 0 Å². The van der Waals surface area contributed by atoms with Gasteiger partial charge in [-0.05, 0) is 25.3 Å². The second-order valence-corrected chi connectivity index (χ2v) is 10.1. The van der Waals surface area contributed by atoms with E-state index in [0.717, 1.165) is 5.56 Å². The van der Waals surface area contributed by atoms with Crippen molar-refractivity contribution in [2.24, 2.45) is 0 Å². The first-order valence-electron chi connectivity index (χ1n) is 10.1. The van der Waals surface area contributed by atoms with Crippen molar-refractivity contribution in [3.05, 3.63) is 63.3 Å². The molecule has 0 spiro atoms. The van der Waals surface area contributed by atoms with Crippen molar-refractivity contribution >= 4 is 15.9 Å². The molecule has 0 radical (unpaired) electrons. The Hall–Kier alpha value is -2.52. The molecule has 0 bridgehead atoms. The Morgan fingerprint density at radius 1 is 1.23 bits per heavy atom. The molecule has 0 saturated carbocycles. The predicted octanol–water partition coefficient (Wildman–Crippen LogP) is 1.21. The van der Waals surface area contributed by atoms with Crippen LogP contribution in [0.25, 0.3) is 0 Å².